The summed E-state index contributed by atoms with van der Waals surface area (Å²) in [7, 11) is 0. The van der Waals surface area contributed by atoms with Gasteiger partial charge in [0.25, 0.3) is 5.56 Å². The average molecular weight is 457 g/mol. The summed E-state index contributed by atoms with van der Waals surface area (Å²) in [6.07, 6.45) is 8.02. The van der Waals surface area contributed by atoms with Gasteiger partial charge in [-0.3, -0.25) is 9.78 Å². The Kier molecular flexibility index (Phi) is 4.77. The Morgan fingerprint density at radius 1 is 1.09 bits per heavy atom. The maximum atomic E-state index is 13.3. The van der Waals surface area contributed by atoms with Gasteiger partial charge in [-0.2, -0.15) is 4.98 Å². The molecule has 1 aromatic carbocycles. The topological polar surface area (TPSA) is 103 Å². The van der Waals surface area contributed by atoms with Crippen LogP contribution in [-0.4, -0.2) is 35.8 Å². The molecule has 0 unspecified atom stereocenters. The Morgan fingerprint density at radius 3 is 2.74 bits per heavy atom. The van der Waals surface area contributed by atoms with E-state index in [0.29, 0.717) is 22.8 Å². The maximum absolute atomic E-state index is 13.3. The second-order valence-corrected chi connectivity index (χ2v) is 10.2. The fourth-order valence-corrected chi connectivity index (χ4v) is 4.43. The van der Waals surface area contributed by atoms with Gasteiger partial charge in [0.1, 0.15) is 5.39 Å². The fraction of sp³-hybridized carbons (Fsp3) is 0.400. The highest BCUT2D eigenvalue weighted by molar-refractivity contribution is 5.77. The third kappa shape index (κ3) is 3.66. The summed E-state index contributed by atoms with van der Waals surface area (Å²) in [6, 6.07) is 6.48. The van der Waals surface area contributed by atoms with E-state index in [-0.39, 0.29) is 17.0 Å². The number of benzene rings is 1. The maximum Gasteiger partial charge on any atom is 0.278 e. The number of hydrogen-bond acceptors (Lipinski definition) is 7. The molecule has 1 fully saturated rings. The molecule has 9 nitrogen and oxygen atoms in total. The van der Waals surface area contributed by atoms with Crippen LogP contribution in [0.5, 0.6) is 0 Å². The number of hydrogen-bond donors (Lipinski definition) is 2. The molecule has 0 radical (unpaired) electrons. The number of nitrogens with one attached hydrogen (secondary N) is 2. The highest BCUT2D eigenvalue weighted by Gasteiger charge is 2.31. The first-order valence-electron chi connectivity index (χ1n) is 11.8. The molecule has 4 heterocycles. The summed E-state index contributed by atoms with van der Waals surface area (Å²) in [5.41, 5.74) is 4.73. The van der Waals surface area contributed by atoms with Crippen molar-refractivity contribution < 1.29 is 0 Å². The molecule has 2 aliphatic rings. The van der Waals surface area contributed by atoms with Gasteiger partial charge in [-0.15, -0.1) is 0 Å². The lowest BCUT2D eigenvalue weighted by atomic mass is 9.93. The molecule has 0 atom stereocenters. The zero-order chi connectivity index (χ0) is 23.4. The fourth-order valence-electron chi connectivity index (χ4n) is 4.43. The zero-order valence-electron chi connectivity index (χ0n) is 19.7. The van der Waals surface area contributed by atoms with E-state index in [2.05, 4.69) is 53.5 Å². The Hall–Kier alpha value is -3.59. The van der Waals surface area contributed by atoms with Crippen molar-refractivity contribution in [2.75, 3.05) is 11.9 Å². The molecule has 2 N–H and O–H groups in total. The second-order valence-electron chi connectivity index (χ2n) is 10.2. The smallest absolute Gasteiger partial charge is 0.278 e. The molecular formula is C25H28N8O. The third-order valence-corrected chi connectivity index (χ3v) is 6.47. The minimum absolute atomic E-state index is 0.0895. The molecule has 0 bridgehead atoms. The Balaban J connectivity index is 1.46. The molecule has 34 heavy (non-hydrogen) atoms. The molecule has 1 aliphatic carbocycles. The van der Waals surface area contributed by atoms with Gasteiger partial charge in [0.15, 0.2) is 11.5 Å². The number of fused-ring (bicyclic) bond motifs is 2. The van der Waals surface area contributed by atoms with Crippen molar-refractivity contribution in [1.82, 2.24) is 34.6 Å². The molecular weight excluding hydrogens is 428 g/mol. The summed E-state index contributed by atoms with van der Waals surface area (Å²) in [5.74, 6) is 1.04. The molecule has 4 aromatic rings. The average Bonchev–Trinajstić information content (AvgIpc) is 3.62. The number of aromatic nitrogens is 6. The van der Waals surface area contributed by atoms with Crippen LogP contribution in [-0.2, 0) is 18.4 Å². The number of nitrogens with zero attached hydrogens (tertiary/aromatic N) is 6. The molecule has 0 saturated heterocycles. The van der Waals surface area contributed by atoms with Gasteiger partial charge in [-0.1, -0.05) is 26.8 Å². The van der Waals surface area contributed by atoms with Crippen LogP contribution in [0.3, 0.4) is 0 Å². The van der Waals surface area contributed by atoms with Crippen molar-refractivity contribution >= 4 is 22.7 Å². The molecule has 3 aromatic heterocycles. The van der Waals surface area contributed by atoms with E-state index in [1.54, 1.807) is 23.3 Å². The minimum atomic E-state index is -0.166. The molecule has 0 amide bonds. The van der Waals surface area contributed by atoms with Gasteiger partial charge in [-0.05, 0) is 49.1 Å². The predicted molar refractivity (Wildman–Crippen MR) is 131 cm³/mol. The quantitative estimate of drug-likeness (QED) is 0.485. The van der Waals surface area contributed by atoms with Crippen LogP contribution in [0.4, 0.5) is 11.6 Å². The summed E-state index contributed by atoms with van der Waals surface area (Å²) in [4.78, 5) is 31.8. The summed E-state index contributed by atoms with van der Waals surface area (Å²) in [5, 5.41) is 7.21. The minimum Gasteiger partial charge on any atom is -0.324 e. The normalized spacial score (nSPS) is 16.0. The first-order valence-corrected chi connectivity index (χ1v) is 11.8. The molecule has 0 spiro atoms. The monoisotopic (exact) mass is 456 g/mol. The second kappa shape index (κ2) is 7.73. The van der Waals surface area contributed by atoms with Crippen LogP contribution >= 0.6 is 0 Å². The summed E-state index contributed by atoms with van der Waals surface area (Å²) in [6.45, 7) is 8.17. The molecule has 1 aliphatic heterocycles. The number of rotatable bonds is 4. The molecule has 174 valence electrons. The van der Waals surface area contributed by atoms with Crippen molar-refractivity contribution in [3.05, 3.63) is 64.0 Å². The van der Waals surface area contributed by atoms with Crippen LogP contribution in [0.15, 0.2) is 41.6 Å². The van der Waals surface area contributed by atoms with Crippen LogP contribution in [0.2, 0.25) is 0 Å². The largest absolute Gasteiger partial charge is 0.324 e. The van der Waals surface area contributed by atoms with Crippen LogP contribution in [0, 0.1) is 0 Å². The van der Waals surface area contributed by atoms with E-state index in [9.17, 15) is 4.79 Å². The van der Waals surface area contributed by atoms with Crippen LogP contribution in [0.25, 0.3) is 16.9 Å². The van der Waals surface area contributed by atoms with Crippen molar-refractivity contribution in [3.63, 3.8) is 0 Å². The third-order valence-electron chi connectivity index (χ3n) is 6.47. The van der Waals surface area contributed by atoms with Crippen molar-refractivity contribution in [3.8, 4) is 5.82 Å². The van der Waals surface area contributed by atoms with Gasteiger partial charge in [0.05, 0.1) is 17.9 Å². The van der Waals surface area contributed by atoms with Crippen LogP contribution in [0.1, 0.15) is 56.5 Å². The lowest BCUT2D eigenvalue weighted by Gasteiger charge is -2.19. The van der Waals surface area contributed by atoms with E-state index in [0.717, 1.165) is 43.7 Å². The first kappa shape index (κ1) is 21.0. The van der Waals surface area contributed by atoms with Gasteiger partial charge < -0.3 is 10.6 Å². The van der Waals surface area contributed by atoms with E-state index in [1.807, 2.05) is 10.7 Å². The van der Waals surface area contributed by atoms with E-state index in [4.69, 9.17) is 9.97 Å². The lowest BCUT2D eigenvalue weighted by Crippen LogP contribution is -2.23. The van der Waals surface area contributed by atoms with E-state index >= 15 is 0 Å². The highest BCUT2D eigenvalue weighted by Crippen LogP contribution is 2.35. The van der Waals surface area contributed by atoms with Gasteiger partial charge in [0.2, 0.25) is 5.95 Å². The SMILES string of the molecule is CC(C)(C)c1cncc(-n2c3nc(Nc4ccc5c(c4)CCNC5)ncc3c(=O)n2C2CC2)n1. The summed E-state index contributed by atoms with van der Waals surface area (Å²) < 4.78 is 3.59. The van der Waals surface area contributed by atoms with Crippen molar-refractivity contribution in [1.29, 1.82) is 0 Å². The standard InChI is InChI=1S/C25H28N8O/c1-25(2,3)20-13-27-14-21(30-20)33-22-19(23(34)32(33)18-6-7-18)12-28-24(31-22)29-17-5-4-16-11-26-9-8-15(16)10-17/h4-5,10,12-14,18,26H,6-9,11H2,1-3H3,(H,28,29,31). The predicted octanol–water partition coefficient (Wildman–Crippen LogP) is 3.39. The highest BCUT2D eigenvalue weighted by atomic mass is 16.1. The lowest BCUT2D eigenvalue weighted by molar-refractivity contribution is 0.534. The van der Waals surface area contributed by atoms with Gasteiger partial charge in [0, 0.05) is 30.0 Å². The van der Waals surface area contributed by atoms with E-state index < -0.39 is 0 Å². The molecule has 9 heteroatoms. The Morgan fingerprint density at radius 2 is 1.94 bits per heavy atom. The van der Waals surface area contributed by atoms with Crippen molar-refractivity contribution in [2.45, 2.75) is 58.0 Å². The molecule has 1 saturated carbocycles. The summed E-state index contributed by atoms with van der Waals surface area (Å²) >= 11 is 0. The van der Waals surface area contributed by atoms with Crippen molar-refractivity contribution in [2.24, 2.45) is 0 Å². The first-order chi connectivity index (χ1) is 16.4. The van der Waals surface area contributed by atoms with Gasteiger partial charge >= 0.3 is 0 Å². The Labute approximate surface area is 197 Å². The van der Waals surface area contributed by atoms with E-state index in [1.165, 1.54) is 11.1 Å². The number of anilines is 2. The van der Waals surface area contributed by atoms with Gasteiger partial charge in [-0.25, -0.2) is 19.3 Å². The van der Waals surface area contributed by atoms with Crippen LogP contribution < -0.4 is 16.2 Å². The Bertz CT molecular complexity index is 1460. The zero-order valence-corrected chi connectivity index (χ0v) is 19.7. The molecule has 6 rings (SSSR count).